The van der Waals surface area contributed by atoms with Gasteiger partial charge >= 0.3 is 0 Å². The van der Waals surface area contributed by atoms with Gasteiger partial charge in [0.2, 0.25) is 0 Å². The van der Waals surface area contributed by atoms with Crippen molar-refractivity contribution in [3.63, 3.8) is 0 Å². The minimum atomic E-state index is -0.172. The Morgan fingerprint density at radius 2 is 2.00 bits per heavy atom. The lowest BCUT2D eigenvalue weighted by Gasteiger charge is -2.40. The maximum Gasteiger partial charge on any atom is 0.123 e. The number of benzene rings is 1. The van der Waals surface area contributed by atoms with E-state index in [2.05, 4.69) is 22.2 Å². The third-order valence-electron chi connectivity index (χ3n) is 3.41. The molecular weight excluding hydrogens is 217 g/mol. The summed E-state index contributed by atoms with van der Waals surface area (Å²) < 4.78 is 12.9. The molecular formula is C13H20FN3. The number of halogens is 1. The molecule has 1 unspecified atom stereocenters. The first-order valence-electron chi connectivity index (χ1n) is 6.06. The molecule has 1 fully saturated rings. The van der Waals surface area contributed by atoms with Gasteiger partial charge in [0.1, 0.15) is 5.82 Å². The molecule has 0 radical (unpaired) electrons. The average molecular weight is 237 g/mol. The molecule has 0 aliphatic carbocycles. The Balaban J connectivity index is 2.04. The van der Waals surface area contributed by atoms with Gasteiger partial charge in [-0.2, -0.15) is 0 Å². The summed E-state index contributed by atoms with van der Waals surface area (Å²) in [4.78, 5) is 4.69. The second kappa shape index (κ2) is 5.47. The van der Waals surface area contributed by atoms with Gasteiger partial charge in [-0.25, -0.2) is 4.39 Å². The quantitative estimate of drug-likeness (QED) is 0.851. The zero-order valence-electron chi connectivity index (χ0n) is 10.5. The van der Waals surface area contributed by atoms with Crippen LogP contribution in [0.3, 0.4) is 0 Å². The van der Waals surface area contributed by atoms with Crippen LogP contribution < -0.4 is 10.2 Å². The van der Waals surface area contributed by atoms with Crippen molar-refractivity contribution < 1.29 is 4.39 Å². The highest BCUT2D eigenvalue weighted by atomic mass is 19.1. The standard InChI is InChI=1S/C13H20FN3/c1-15-9-13-10-17(8-7-16(13)2)12-5-3-11(14)4-6-12/h3-6,13,15H,7-10H2,1-2H3. The first kappa shape index (κ1) is 12.3. The molecule has 0 saturated carbocycles. The summed E-state index contributed by atoms with van der Waals surface area (Å²) in [5, 5.41) is 3.22. The van der Waals surface area contributed by atoms with Gasteiger partial charge < -0.3 is 10.2 Å². The van der Waals surface area contributed by atoms with Crippen LogP contribution in [0.15, 0.2) is 24.3 Å². The minimum absolute atomic E-state index is 0.172. The molecule has 1 heterocycles. The van der Waals surface area contributed by atoms with Crippen molar-refractivity contribution in [2.75, 3.05) is 45.2 Å². The number of rotatable bonds is 3. The van der Waals surface area contributed by atoms with Crippen molar-refractivity contribution in [3.8, 4) is 0 Å². The van der Waals surface area contributed by atoms with E-state index < -0.39 is 0 Å². The predicted molar refractivity (Wildman–Crippen MR) is 69.0 cm³/mol. The van der Waals surface area contributed by atoms with Crippen LogP contribution in [0.25, 0.3) is 0 Å². The fourth-order valence-corrected chi connectivity index (χ4v) is 2.29. The molecule has 0 spiro atoms. The van der Waals surface area contributed by atoms with Crippen LogP contribution in [-0.4, -0.2) is 51.2 Å². The number of likely N-dealkylation sites (N-methyl/N-ethyl adjacent to an activating group) is 2. The highest BCUT2D eigenvalue weighted by Gasteiger charge is 2.23. The molecule has 94 valence electrons. The van der Waals surface area contributed by atoms with Gasteiger partial charge in [0, 0.05) is 37.9 Å². The molecule has 1 aromatic rings. The number of hydrogen-bond donors (Lipinski definition) is 1. The van der Waals surface area contributed by atoms with E-state index in [0.29, 0.717) is 6.04 Å². The predicted octanol–water partition coefficient (Wildman–Crippen LogP) is 1.17. The lowest BCUT2D eigenvalue weighted by atomic mass is 10.1. The Labute approximate surface area is 102 Å². The summed E-state index contributed by atoms with van der Waals surface area (Å²) in [6, 6.07) is 7.29. The first-order valence-corrected chi connectivity index (χ1v) is 6.06. The molecule has 0 amide bonds. The lowest BCUT2D eigenvalue weighted by molar-refractivity contribution is 0.216. The van der Waals surface area contributed by atoms with Crippen LogP contribution in [0, 0.1) is 5.82 Å². The molecule has 1 aromatic carbocycles. The summed E-state index contributed by atoms with van der Waals surface area (Å²) >= 11 is 0. The minimum Gasteiger partial charge on any atom is -0.369 e. The second-order valence-corrected chi connectivity index (χ2v) is 4.61. The highest BCUT2D eigenvalue weighted by Crippen LogP contribution is 2.18. The number of piperazine rings is 1. The Kier molecular flexibility index (Phi) is 3.97. The molecule has 0 bridgehead atoms. The Morgan fingerprint density at radius 3 is 2.65 bits per heavy atom. The first-order chi connectivity index (χ1) is 8.20. The fraction of sp³-hybridized carbons (Fsp3) is 0.538. The van der Waals surface area contributed by atoms with Crippen molar-refractivity contribution in [2.45, 2.75) is 6.04 Å². The molecule has 2 rings (SSSR count). The van der Waals surface area contributed by atoms with E-state index in [1.807, 2.05) is 19.2 Å². The van der Waals surface area contributed by atoms with Crippen molar-refractivity contribution in [3.05, 3.63) is 30.1 Å². The van der Waals surface area contributed by atoms with Crippen LogP contribution in [-0.2, 0) is 0 Å². The van der Waals surface area contributed by atoms with E-state index in [1.165, 1.54) is 12.1 Å². The maximum atomic E-state index is 12.9. The van der Waals surface area contributed by atoms with Crippen molar-refractivity contribution in [2.24, 2.45) is 0 Å². The van der Waals surface area contributed by atoms with Crippen molar-refractivity contribution >= 4 is 5.69 Å². The van der Waals surface area contributed by atoms with E-state index in [0.717, 1.165) is 31.9 Å². The van der Waals surface area contributed by atoms with E-state index in [9.17, 15) is 4.39 Å². The van der Waals surface area contributed by atoms with E-state index in [-0.39, 0.29) is 5.82 Å². The van der Waals surface area contributed by atoms with Crippen LogP contribution in [0.4, 0.5) is 10.1 Å². The third-order valence-corrected chi connectivity index (χ3v) is 3.41. The van der Waals surface area contributed by atoms with Gasteiger partial charge in [-0.15, -0.1) is 0 Å². The normalized spacial score (nSPS) is 21.8. The SMILES string of the molecule is CNCC1CN(c2ccc(F)cc2)CCN1C. The average Bonchev–Trinajstić information content (AvgIpc) is 2.33. The fourth-order valence-electron chi connectivity index (χ4n) is 2.29. The molecule has 17 heavy (non-hydrogen) atoms. The number of hydrogen-bond acceptors (Lipinski definition) is 3. The molecule has 1 aliphatic heterocycles. The monoisotopic (exact) mass is 237 g/mol. The number of anilines is 1. The smallest absolute Gasteiger partial charge is 0.123 e. The molecule has 1 atom stereocenters. The van der Waals surface area contributed by atoms with E-state index in [4.69, 9.17) is 0 Å². The van der Waals surface area contributed by atoms with Crippen molar-refractivity contribution in [1.82, 2.24) is 10.2 Å². The van der Waals surface area contributed by atoms with Crippen LogP contribution in [0.5, 0.6) is 0 Å². The van der Waals surface area contributed by atoms with E-state index in [1.54, 1.807) is 0 Å². The molecule has 4 heteroatoms. The van der Waals surface area contributed by atoms with E-state index >= 15 is 0 Å². The number of nitrogens with one attached hydrogen (secondary N) is 1. The molecule has 1 aliphatic rings. The maximum absolute atomic E-state index is 12.9. The van der Waals surface area contributed by atoms with Gasteiger partial charge in [-0.05, 0) is 38.4 Å². The lowest BCUT2D eigenvalue weighted by Crippen LogP contribution is -2.54. The molecule has 1 N–H and O–H groups in total. The summed E-state index contributed by atoms with van der Waals surface area (Å²) in [6.45, 7) is 4.02. The highest BCUT2D eigenvalue weighted by molar-refractivity contribution is 5.47. The van der Waals surface area contributed by atoms with Gasteiger partial charge in [0.05, 0.1) is 0 Å². The topological polar surface area (TPSA) is 18.5 Å². The number of nitrogens with zero attached hydrogens (tertiary/aromatic N) is 2. The Hall–Kier alpha value is -1.13. The molecule has 1 saturated heterocycles. The Morgan fingerprint density at radius 1 is 1.29 bits per heavy atom. The third kappa shape index (κ3) is 2.96. The van der Waals surface area contributed by atoms with Crippen LogP contribution >= 0.6 is 0 Å². The summed E-state index contributed by atoms with van der Waals surface area (Å²) in [7, 11) is 4.13. The Bertz CT molecular complexity index is 352. The summed E-state index contributed by atoms with van der Waals surface area (Å²) in [6.07, 6.45) is 0. The molecule has 0 aromatic heterocycles. The largest absolute Gasteiger partial charge is 0.369 e. The van der Waals surface area contributed by atoms with Crippen LogP contribution in [0.2, 0.25) is 0 Å². The summed E-state index contributed by atoms with van der Waals surface area (Å²) in [5.41, 5.74) is 1.11. The van der Waals surface area contributed by atoms with Crippen LogP contribution in [0.1, 0.15) is 0 Å². The zero-order valence-corrected chi connectivity index (χ0v) is 10.5. The van der Waals surface area contributed by atoms with Gasteiger partial charge in [-0.1, -0.05) is 0 Å². The van der Waals surface area contributed by atoms with Crippen molar-refractivity contribution in [1.29, 1.82) is 0 Å². The van der Waals surface area contributed by atoms with Gasteiger partial charge in [0.25, 0.3) is 0 Å². The van der Waals surface area contributed by atoms with Gasteiger partial charge in [-0.3, -0.25) is 4.90 Å². The van der Waals surface area contributed by atoms with Gasteiger partial charge in [0.15, 0.2) is 0 Å². The zero-order chi connectivity index (χ0) is 12.3. The molecule has 3 nitrogen and oxygen atoms in total. The second-order valence-electron chi connectivity index (χ2n) is 4.61. The summed E-state index contributed by atoms with van der Waals surface area (Å²) in [5.74, 6) is -0.172.